The molecule has 0 aromatic carbocycles. The molecule has 1 saturated carbocycles. The molecule has 15 heavy (non-hydrogen) atoms. The van der Waals surface area contributed by atoms with Crippen molar-refractivity contribution in [1.29, 1.82) is 0 Å². The minimum absolute atomic E-state index is 0.309. The summed E-state index contributed by atoms with van der Waals surface area (Å²) in [4.78, 5) is 2.68. The fourth-order valence-corrected chi connectivity index (χ4v) is 3.05. The van der Waals surface area contributed by atoms with E-state index in [9.17, 15) is 0 Å². The van der Waals surface area contributed by atoms with Crippen LogP contribution in [0.4, 0.5) is 0 Å². The zero-order valence-electron chi connectivity index (χ0n) is 10.5. The standard InChI is InChI=1S/C13H26N2/c1-10(2)11-6-7-15(8-11)13(3,9-14)12-4-5-12/h10-12H,4-9,14H2,1-3H3. The van der Waals surface area contributed by atoms with E-state index in [4.69, 9.17) is 5.73 Å². The third kappa shape index (κ3) is 2.07. The molecule has 2 rings (SSSR count). The molecule has 2 fully saturated rings. The summed E-state index contributed by atoms with van der Waals surface area (Å²) in [5.41, 5.74) is 6.32. The van der Waals surface area contributed by atoms with E-state index >= 15 is 0 Å². The molecule has 0 aromatic heterocycles. The Labute approximate surface area is 94.2 Å². The lowest BCUT2D eigenvalue weighted by atomic mass is 9.92. The highest BCUT2D eigenvalue weighted by Crippen LogP contribution is 2.44. The molecule has 2 aliphatic rings. The summed E-state index contributed by atoms with van der Waals surface area (Å²) in [6, 6.07) is 0. The van der Waals surface area contributed by atoms with Gasteiger partial charge in [-0.3, -0.25) is 4.90 Å². The van der Waals surface area contributed by atoms with E-state index in [1.807, 2.05) is 0 Å². The monoisotopic (exact) mass is 210 g/mol. The van der Waals surface area contributed by atoms with Crippen LogP contribution in [-0.4, -0.2) is 30.1 Å². The molecule has 2 atom stereocenters. The topological polar surface area (TPSA) is 29.3 Å². The van der Waals surface area contributed by atoms with E-state index in [1.165, 1.54) is 32.4 Å². The molecule has 0 bridgehead atoms. The van der Waals surface area contributed by atoms with Crippen LogP contribution in [0, 0.1) is 17.8 Å². The molecule has 2 unspecified atom stereocenters. The zero-order chi connectivity index (χ0) is 11.1. The van der Waals surface area contributed by atoms with Crippen LogP contribution in [0.25, 0.3) is 0 Å². The van der Waals surface area contributed by atoms with E-state index in [1.54, 1.807) is 0 Å². The van der Waals surface area contributed by atoms with Crippen molar-refractivity contribution in [3.63, 3.8) is 0 Å². The lowest BCUT2D eigenvalue weighted by molar-refractivity contribution is 0.110. The van der Waals surface area contributed by atoms with Crippen molar-refractivity contribution in [3.8, 4) is 0 Å². The van der Waals surface area contributed by atoms with Gasteiger partial charge in [0.05, 0.1) is 0 Å². The summed E-state index contributed by atoms with van der Waals surface area (Å²) in [6.07, 6.45) is 4.17. The van der Waals surface area contributed by atoms with E-state index in [2.05, 4.69) is 25.7 Å². The summed E-state index contributed by atoms with van der Waals surface area (Å²) < 4.78 is 0. The first-order valence-corrected chi connectivity index (χ1v) is 6.53. The number of hydrogen-bond acceptors (Lipinski definition) is 2. The van der Waals surface area contributed by atoms with Gasteiger partial charge in [-0.05, 0) is 50.5 Å². The number of rotatable bonds is 4. The van der Waals surface area contributed by atoms with Crippen LogP contribution in [0.2, 0.25) is 0 Å². The van der Waals surface area contributed by atoms with Gasteiger partial charge in [-0.2, -0.15) is 0 Å². The highest BCUT2D eigenvalue weighted by atomic mass is 15.2. The van der Waals surface area contributed by atoms with Gasteiger partial charge in [0.1, 0.15) is 0 Å². The lowest BCUT2D eigenvalue weighted by Gasteiger charge is -2.39. The Kier molecular flexibility index (Phi) is 3.09. The largest absolute Gasteiger partial charge is 0.329 e. The lowest BCUT2D eigenvalue weighted by Crippen LogP contribution is -2.52. The van der Waals surface area contributed by atoms with Crippen molar-refractivity contribution in [2.75, 3.05) is 19.6 Å². The molecule has 2 nitrogen and oxygen atoms in total. The SMILES string of the molecule is CC(C)C1CCN(C(C)(CN)C2CC2)C1. The molecule has 0 aromatic rings. The second-order valence-corrected chi connectivity index (χ2v) is 6.07. The van der Waals surface area contributed by atoms with Gasteiger partial charge in [0.25, 0.3) is 0 Å². The van der Waals surface area contributed by atoms with Gasteiger partial charge < -0.3 is 5.73 Å². The Morgan fingerprint density at radius 1 is 1.33 bits per heavy atom. The van der Waals surface area contributed by atoms with Crippen LogP contribution >= 0.6 is 0 Å². The Balaban J connectivity index is 1.99. The summed E-state index contributed by atoms with van der Waals surface area (Å²) in [5.74, 6) is 2.61. The van der Waals surface area contributed by atoms with Crippen molar-refractivity contribution < 1.29 is 0 Å². The maximum Gasteiger partial charge on any atom is 0.0331 e. The van der Waals surface area contributed by atoms with Crippen LogP contribution in [-0.2, 0) is 0 Å². The predicted octanol–water partition coefficient (Wildman–Crippen LogP) is 2.09. The molecule has 88 valence electrons. The fraction of sp³-hybridized carbons (Fsp3) is 1.00. The zero-order valence-corrected chi connectivity index (χ0v) is 10.5. The van der Waals surface area contributed by atoms with E-state index in [-0.39, 0.29) is 0 Å². The van der Waals surface area contributed by atoms with Crippen LogP contribution in [0.1, 0.15) is 40.0 Å². The Hall–Kier alpha value is -0.0800. The molecular formula is C13H26N2. The predicted molar refractivity (Wildman–Crippen MR) is 64.7 cm³/mol. The quantitative estimate of drug-likeness (QED) is 0.770. The third-order valence-corrected chi connectivity index (χ3v) is 4.76. The highest BCUT2D eigenvalue weighted by Gasteiger charge is 2.46. The Morgan fingerprint density at radius 2 is 2.00 bits per heavy atom. The molecular weight excluding hydrogens is 184 g/mol. The molecule has 0 amide bonds. The minimum atomic E-state index is 0.309. The maximum absolute atomic E-state index is 6.01. The third-order valence-electron chi connectivity index (χ3n) is 4.76. The van der Waals surface area contributed by atoms with E-state index in [0.717, 1.165) is 24.3 Å². The molecule has 1 heterocycles. The van der Waals surface area contributed by atoms with Crippen molar-refractivity contribution in [3.05, 3.63) is 0 Å². The normalized spacial score (nSPS) is 32.2. The Bertz CT molecular complexity index is 223. The summed E-state index contributed by atoms with van der Waals surface area (Å²) in [7, 11) is 0. The summed E-state index contributed by atoms with van der Waals surface area (Å²) in [6.45, 7) is 10.5. The van der Waals surface area contributed by atoms with Crippen LogP contribution in [0.5, 0.6) is 0 Å². The van der Waals surface area contributed by atoms with Gasteiger partial charge in [-0.15, -0.1) is 0 Å². The first-order valence-electron chi connectivity index (χ1n) is 6.53. The van der Waals surface area contributed by atoms with Crippen molar-refractivity contribution in [2.45, 2.75) is 45.6 Å². The van der Waals surface area contributed by atoms with Gasteiger partial charge in [-0.1, -0.05) is 13.8 Å². The molecule has 1 saturated heterocycles. The second-order valence-electron chi connectivity index (χ2n) is 6.07. The molecule has 1 aliphatic carbocycles. The summed E-state index contributed by atoms with van der Waals surface area (Å²) >= 11 is 0. The maximum atomic E-state index is 6.01. The summed E-state index contributed by atoms with van der Waals surface area (Å²) in [5, 5.41) is 0. The van der Waals surface area contributed by atoms with Crippen LogP contribution < -0.4 is 5.73 Å². The highest BCUT2D eigenvalue weighted by molar-refractivity contribution is 5.02. The van der Waals surface area contributed by atoms with E-state index in [0.29, 0.717) is 5.54 Å². The van der Waals surface area contributed by atoms with Crippen molar-refractivity contribution >= 4 is 0 Å². The number of likely N-dealkylation sites (tertiary alicyclic amines) is 1. The number of nitrogens with two attached hydrogens (primary N) is 1. The molecule has 2 heteroatoms. The van der Waals surface area contributed by atoms with E-state index < -0.39 is 0 Å². The van der Waals surface area contributed by atoms with Crippen LogP contribution in [0.3, 0.4) is 0 Å². The Morgan fingerprint density at radius 3 is 2.40 bits per heavy atom. The fourth-order valence-electron chi connectivity index (χ4n) is 3.05. The smallest absolute Gasteiger partial charge is 0.0331 e. The van der Waals surface area contributed by atoms with Gasteiger partial charge in [0.15, 0.2) is 0 Å². The molecule has 0 radical (unpaired) electrons. The van der Waals surface area contributed by atoms with Gasteiger partial charge in [-0.25, -0.2) is 0 Å². The van der Waals surface area contributed by atoms with Gasteiger partial charge in [0, 0.05) is 18.6 Å². The second kappa shape index (κ2) is 4.06. The molecule has 1 aliphatic heterocycles. The first kappa shape index (κ1) is 11.4. The number of hydrogen-bond donors (Lipinski definition) is 1. The number of nitrogens with zero attached hydrogens (tertiary/aromatic N) is 1. The molecule has 2 N–H and O–H groups in total. The van der Waals surface area contributed by atoms with Crippen molar-refractivity contribution in [2.24, 2.45) is 23.5 Å². The average Bonchev–Trinajstić information content (AvgIpc) is 2.94. The minimum Gasteiger partial charge on any atom is -0.329 e. The first-order chi connectivity index (χ1) is 7.08. The molecule has 0 spiro atoms. The average molecular weight is 210 g/mol. The van der Waals surface area contributed by atoms with Gasteiger partial charge in [0.2, 0.25) is 0 Å². The van der Waals surface area contributed by atoms with Gasteiger partial charge >= 0.3 is 0 Å². The van der Waals surface area contributed by atoms with Crippen molar-refractivity contribution in [1.82, 2.24) is 4.90 Å². The van der Waals surface area contributed by atoms with Crippen LogP contribution in [0.15, 0.2) is 0 Å².